The fourth-order valence-corrected chi connectivity index (χ4v) is 8.52. The number of carbonyl (C=O) groups is 3. The van der Waals surface area contributed by atoms with E-state index in [1.807, 2.05) is 0 Å². The van der Waals surface area contributed by atoms with Gasteiger partial charge in [-0.1, -0.05) is 63.3 Å². The smallest absolute Gasteiger partial charge is 0.378 e. The summed E-state index contributed by atoms with van der Waals surface area (Å²) >= 11 is 5.23. The maximum atomic E-state index is 13.9. The predicted octanol–water partition coefficient (Wildman–Crippen LogP) is 4.35. The van der Waals surface area contributed by atoms with E-state index in [9.17, 15) is 32.3 Å². The molecule has 3 aliphatic heterocycles. The molecule has 14 heteroatoms. The van der Waals surface area contributed by atoms with Gasteiger partial charge in [-0.25, -0.2) is 4.90 Å². The minimum absolute atomic E-state index is 0.259. The number of thioether (sulfide) groups is 1. The Hall–Kier alpha value is -2.94. The molecule has 0 aliphatic carbocycles. The van der Waals surface area contributed by atoms with Crippen LogP contribution in [-0.2, 0) is 31.8 Å². The molecule has 3 aliphatic rings. The number of thiazole rings is 1. The molecule has 0 radical (unpaired) electrons. The third kappa shape index (κ3) is 4.94. The van der Waals surface area contributed by atoms with Crippen LogP contribution in [0, 0.1) is 5.92 Å². The molecule has 0 saturated carbocycles. The number of rotatable bonds is 4. The topological polar surface area (TPSA) is 88.9 Å². The van der Waals surface area contributed by atoms with Crippen LogP contribution in [0.4, 0.5) is 18.9 Å². The van der Waals surface area contributed by atoms with Gasteiger partial charge >= 0.3 is 11.0 Å². The molecule has 8 nitrogen and oxygen atoms in total. The number of imide groups is 1. The van der Waals surface area contributed by atoms with Crippen molar-refractivity contribution in [2.75, 3.05) is 31.2 Å². The number of hydrogen-bond donors (Lipinski definition) is 0. The van der Waals surface area contributed by atoms with Crippen molar-refractivity contribution in [1.29, 1.82) is 0 Å². The normalized spacial score (nSPS) is 22.6. The van der Waals surface area contributed by atoms with Crippen molar-refractivity contribution in [2.45, 2.75) is 28.9 Å². The average Bonchev–Trinajstić information content (AvgIpc) is 3.39. The van der Waals surface area contributed by atoms with Crippen LogP contribution in [0.1, 0.15) is 21.9 Å². The van der Waals surface area contributed by atoms with Crippen molar-refractivity contribution in [2.24, 2.45) is 5.92 Å². The predicted molar refractivity (Wildman–Crippen MR) is 149 cm³/mol. The van der Waals surface area contributed by atoms with E-state index in [1.54, 1.807) is 29.2 Å². The third-order valence-corrected chi connectivity index (χ3v) is 10.5. The Labute approximate surface area is 248 Å². The molecule has 2 fully saturated rings. The number of benzene rings is 2. The standard InChI is InChI=1S/C27H21BrF3N3O5S2/c28-15-7-5-14(6-8-15)19-20-21(24(37)34(23(20)36)17-4-2-1-3-16(17)27(29,30)31)40-25-22(19)41-26(38)33(25)13-18(35)32-9-11-39-12-10-32/h1-8,19-21H,9-13H2/t19-,20?,21?/m1/s1. The summed E-state index contributed by atoms with van der Waals surface area (Å²) in [7, 11) is 0. The second-order valence-corrected chi connectivity index (χ2v) is 12.8. The molecule has 214 valence electrons. The van der Waals surface area contributed by atoms with Crippen molar-refractivity contribution in [3.63, 3.8) is 0 Å². The minimum atomic E-state index is -4.79. The van der Waals surface area contributed by atoms with Crippen LogP contribution in [0.5, 0.6) is 0 Å². The highest BCUT2D eigenvalue weighted by atomic mass is 79.9. The van der Waals surface area contributed by atoms with E-state index in [-0.39, 0.29) is 12.5 Å². The second-order valence-electron chi connectivity index (χ2n) is 9.74. The lowest BCUT2D eigenvalue weighted by molar-refractivity contribution is -0.137. The number of alkyl halides is 3. The van der Waals surface area contributed by atoms with Gasteiger partial charge in [-0.2, -0.15) is 13.2 Å². The Bertz CT molecular complexity index is 1600. The number of nitrogens with zero attached hydrogens (tertiary/aromatic N) is 3. The molecule has 41 heavy (non-hydrogen) atoms. The van der Waals surface area contributed by atoms with E-state index in [2.05, 4.69) is 15.9 Å². The molecule has 6 rings (SSSR count). The summed E-state index contributed by atoms with van der Waals surface area (Å²) in [6.07, 6.45) is -4.79. The largest absolute Gasteiger partial charge is 0.418 e. The van der Waals surface area contributed by atoms with Gasteiger partial charge in [-0.3, -0.25) is 23.7 Å². The Balaban J connectivity index is 1.45. The lowest BCUT2D eigenvalue weighted by atomic mass is 9.83. The summed E-state index contributed by atoms with van der Waals surface area (Å²) in [5.74, 6) is -3.67. The molecule has 3 aromatic rings. The van der Waals surface area contributed by atoms with Gasteiger partial charge in [0.15, 0.2) is 0 Å². The number of ether oxygens (including phenoxy) is 1. The quantitative estimate of drug-likeness (QED) is 0.385. The highest BCUT2D eigenvalue weighted by Crippen LogP contribution is 2.54. The van der Waals surface area contributed by atoms with Gasteiger partial charge in [0, 0.05) is 28.4 Å². The summed E-state index contributed by atoms with van der Waals surface area (Å²) in [4.78, 5) is 56.4. The van der Waals surface area contributed by atoms with E-state index >= 15 is 0 Å². The number of fused-ring (bicyclic) bond motifs is 2. The SMILES string of the molecule is O=C(Cn1c2c(sc1=O)[C@H](c1ccc(Br)cc1)C1C(=O)N(c3ccccc3C(F)(F)F)C(=O)C1S2)N1CCOCC1. The number of anilines is 1. The van der Waals surface area contributed by atoms with Crippen molar-refractivity contribution in [3.05, 3.63) is 78.7 Å². The molecular weight excluding hydrogens is 647 g/mol. The molecule has 0 spiro atoms. The number of halogens is 4. The molecular formula is C27H21BrF3N3O5S2. The Morgan fingerprint density at radius 1 is 1.00 bits per heavy atom. The monoisotopic (exact) mass is 667 g/mol. The van der Waals surface area contributed by atoms with Crippen LogP contribution < -0.4 is 9.77 Å². The number of amides is 3. The zero-order chi connectivity index (χ0) is 29.1. The van der Waals surface area contributed by atoms with Gasteiger partial charge in [0.2, 0.25) is 17.7 Å². The zero-order valence-corrected chi connectivity index (χ0v) is 24.3. The van der Waals surface area contributed by atoms with Crippen LogP contribution >= 0.6 is 39.0 Å². The zero-order valence-electron chi connectivity index (χ0n) is 21.1. The fourth-order valence-electron chi connectivity index (χ4n) is 5.48. The Morgan fingerprint density at radius 3 is 2.37 bits per heavy atom. The van der Waals surface area contributed by atoms with E-state index in [0.29, 0.717) is 46.7 Å². The van der Waals surface area contributed by atoms with E-state index in [1.165, 1.54) is 16.7 Å². The van der Waals surface area contributed by atoms with Gasteiger partial charge < -0.3 is 9.64 Å². The molecule has 2 unspecified atom stereocenters. The Morgan fingerprint density at radius 2 is 1.68 bits per heavy atom. The summed E-state index contributed by atoms with van der Waals surface area (Å²) < 4.78 is 49.1. The van der Waals surface area contributed by atoms with Gasteiger partial charge in [-0.05, 0) is 29.8 Å². The van der Waals surface area contributed by atoms with Gasteiger partial charge in [-0.15, -0.1) is 0 Å². The van der Waals surface area contributed by atoms with Crippen molar-refractivity contribution in [1.82, 2.24) is 9.47 Å². The summed E-state index contributed by atoms with van der Waals surface area (Å²) in [6.45, 7) is 1.29. The van der Waals surface area contributed by atoms with Gasteiger partial charge in [0.25, 0.3) is 0 Å². The first-order valence-electron chi connectivity index (χ1n) is 12.6. The molecule has 3 amide bonds. The average molecular weight is 669 g/mol. The van der Waals surface area contributed by atoms with E-state index in [4.69, 9.17) is 4.74 Å². The fraction of sp³-hybridized carbons (Fsp3) is 0.333. The third-order valence-electron chi connectivity index (χ3n) is 7.39. The van der Waals surface area contributed by atoms with Crippen molar-refractivity contribution >= 4 is 62.4 Å². The molecule has 0 bridgehead atoms. The van der Waals surface area contributed by atoms with E-state index in [0.717, 1.165) is 39.7 Å². The number of para-hydroxylation sites is 1. The number of aromatic nitrogens is 1. The maximum Gasteiger partial charge on any atom is 0.418 e. The van der Waals surface area contributed by atoms with Crippen LogP contribution in [0.2, 0.25) is 0 Å². The lowest BCUT2D eigenvalue weighted by Gasteiger charge is -2.31. The number of hydrogen-bond acceptors (Lipinski definition) is 7. The van der Waals surface area contributed by atoms with Crippen LogP contribution in [-0.4, -0.2) is 58.7 Å². The highest BCUT2D eigenvalue weighted by Gasteiger charge is 2.57. The number of morpholine rings is 1. The first-order valence-corrected chi connectivity index (χ1v) is 15.1. The first-order chi connectivity index (χ1) is 19.6. The van der Waals surface area contributed by atoms with Crippen molar-refractivity contribution < 1.29 is 32.3 Å². The highest BCUT2D eigenvalue weighted by molar-refractivity contribution is 9.10. The second kappa shape index (κ2) is 10.7. The maximum absolute atomic E-state index is 13.9. The molecule has 2 saturated heterocycles. The Kier molecular flexibility index (Phi) is 7.37. The van der Waals surface area contributed by atoms with Crippen LogP contribution in [0.25, 0.3) is 0 Å². The van der Waals surface area contributed by atoms with E-state index < -0.39 is 51.2 Å². The molecule has 4 heterocycles. The lowest BCUT2D eigenvalue weighted by Crippen LogP contribution is -2.43. The van der Waals surface area contributed by atoms with Crippen molar-refractivity contribution in [3.8, 4) is 0 Å². The summed E-state index contributed by atoms with van der Waals surface area (Å²) in [5, 5.41) is -0.716. The van der Waals surface area contributed by atoms with Crippen LogP contribution in [0.3, 0.4) is 0 Å². The first kappa shape index (κ1) is 28.2. The van der Waals surface area contributed by atoms with Crippen LogP contribution in [0.15, 0.2) is 62.8 Å². The molecule has 2 aromatic carbocycles. The van der Waals surface area contributed by atoms with Gasteiger partial charge in [0.1, 0.15) is 11.8 Å². The van der Waals surface area contributed by atoms with Gasteiger partial charge in [0.05, 0.1) is 35.4 Å². The minimum Gasteiger partial charge on any atom is -0.378 e. The number of carbonyl (C=O) groups excluding carboxylic acids is 3. The molecule has 1 aromatic heterocycles. The summed E-state index contributed by atoms with van der Waals surface area (Å²) in [6, 6.07) is 11.5. The summed E-state index contributed by atoms with van der Waals surface area (Å²) in [5.41, 5.74) is -0.985. The molecule has 3 atom stereocenters. The molecule has 0 N–H and O–H groups in total.